The molecule has 0 radical (unpaired) electrons. The summed E-state index contributed by atoms with van der Waals surface area (Å²) in [6.07, 6.45) is 5.30. The Morgan fingerprint density at radius 1 is 1.19 bits per heavy atom. The van der Waals surface area contributed by atoms with Crippen LogP contribution < -0.4 is 4.74 Å². The van der Waals surface area contributed by atoms with E-state index in [0.29, 0.717) is 17.7 Å². The maximum Gasteiger partial charge on any atom is 0.225 e. The van der Waals surface area contributed by atoms with Crippen molar-refractivity contribution in [1.82, 2.24) is 14.9 Å². The highest BCUT2D eigenvalue weighted by Crippen LogP contribution is 2.29. The molecule has 2 aliphatic rings. The van der Waals surface area contributed by atoms with Gasteiger partial charge in [0.05, 0.1) is 0 Å². The minimum Gasteiger partial charge on any atom is -0.474 e. The van der Waals surface area contributed by atoms with Crippen LogP contribution in [-0.2, 0) is 4.79 Å². The summed E-state index contributed by atoms with van der Waals surface area (Å²) in [5, 5.41) is 0. The number of piperidine rings is 1. The van der Waals surface area contributed by atoms with Crippen LogP contribution in [0, 0.1) is 19.8 Å². The Balaban J connectivity index is 1.52. The molecule has 1 saturated heterocycles. The first-order valence-corrected chi connectivity index (χ1v) is 7.89. The third-order valence-corrected chi connectivity index (χ3v) is 4.44. The minimum atomic E-state index is 0.157. The molecule has 1 aromatic rings. The second-order valence-electron chi connectivity index (χ2n) is 6.17. The lowest BCUT2D eigenvalue weighted by Crippen LogP contribution is -2.45. The SMILES string of the molecule is Cc1cc(OC2CCN(C(=O)C3CCC3)CC2)nc(C)n1. The molecule has 1 amide bonds. The average molecular weight is 289 g/mol. The first-order valence-electron chi connectivity index (χ1n) is 7.89. The highest BCUT2D eigenvalue weighted by atomic mass is 16.5. The van der Waals surface area contributed by atoms with Crippen molar-refractivity contribution in [3.63, 3.8) is 0 Å². The second kappa shape index (κ2) is 6.00. The minimum absolute atomic E-state index is 0.157. The van der Waals surface area contributed by atoms with E-state index in [0.717, 1.165) is 50.3 Å². The molecule has 0 spiro atoms. The molecule has 0 atom stereocenters. The number of ether oxygens (including phenoxy) is 1. The maximum atomic E-state index is 12.2. The van der Waals surface area contributed by atoms with Gasteiger partial charge in [0.15, 0.2) is 0 Å². The van der Waals surface area contributed by atoms with E-state index in [4.69, 9.17) is 4.74 Å². The molecule has 1 aliphatic carbocycles. The van der Waals surface area contributed by atoms with Crippen molar-refractivity contribution in [3.05, 3.63) is 17.6 Å². The Labute approximate surface area is 125 Å². The van der Waals surface area contributed by atoms with Crippen LogP contribution in [0.4, 0.5) is 0 Å². The summed E-state index contributed by atoms with van der Waals surface area (Å²) >= 11 is 0. The number of nitrogens with zero attached hydrogens (tertiary/aromatic N) is 3. The predicted molar refractivity (Wildman–Crippen MR) is 79.1 cm³/mol. The van der Waals surface area contributed by atoms with E-state index in [2.05, 4.69) is 9.97 Å². The monoisotopic (exact) mass is 289 g/mol. The molecule has 0 unspecified atom stereocenters. The number of carbonyl (C=O) groups excluding carboxylic acids is 1. The molecule has 0 aromatic carbocycles. The zero-order valence-electron chi connectivity index (χ0n) is 12.8. The standard InChI is InChI=1S/C16H23N3O2/c1-11-10-15(18-12(2)17-11)21-14-6-8-19(9-7-14)16(20)13-4-3-5-13/h10,13-14H,3-9H2,1-2H3. The molecule has 1 aliphatic heterocycles. The molecule has 1 saturated carbocycles. The largest absolute Gasteiger partial charge is 0.474 e. The fourth-order valence-corrected chi connectivity index (χ4v) is 3.02. The third kappa shape index (κ3) is 3.34. The number of hydrogen-bond donors (Lipinski definition) is 0. The van der Waals surface area contributed by atoms with Crippen molar-refractivity contribution < 1.29 is 9.53 Å². The van der Waals surface area contributed by atoms with Crippen LogP contribution in [0.2, 0.25) is 0 Å². The van der Waals surface area contributed by atoms with Gasteiger partial charge in [-0.25, -0.2) is 4.98 Å². The van der Waals surface area contributed by atoms with Gasteiger partial charge in [0.25, 0.3) is 0 Å². The van der Waals surface area contributed by atoms with Crippen LogP contribution >= 0.6 is 0 Å². The topological polar surface area (TPSA) is 55.3 Å². The summed E-state index contributed by atoms with van der Waals surface area (Å²) in [6, 6.07) is 1.87. The van der Waals surface area contributed by atoms with Gasteiger partial charge < -0.3 is 9.64 Å². The number of rotatable bonds is 3. The van der Waals surface area contributed by atoms with Crippen LogP contribution in [0.25, 0.3) is 0 Å². The summed E-state index contributed by atoms with van der Waals surface area (Å²) in [5.74, 6) is 2.05. The van der Waals surface area contributed by atoms with Crippen LogP contribution in [-0.4, -0.2) is 40.0 Å². The molecule has 2 fully saturated rings. The smallest absolute Gasteiger partial charge is 0.225 e. The number of aryl methyl sites for hydroxylation is 2. The first kappa shape index (κ1) is 14.3. The lowest BCUT2D eigenvalue weighted by molar-refractivity contribution is -0.140. The number of hydrogen-bond acceptors (Lipinski definition) is 4. The number of amides is 1. The van der Waals surface area contributed by atoms with Gasteiger partial charge in [-0.3, -0.25) is 4.79 Å². The molecule has 5 nitrogen and oxygen atoms in total. The lowest BCUT2D eigenvalue weighted by atomic mass is 9.84. The number of carbonyl (C=O) groups is 1. The Morgan fingerprint density at radius 3 is 2.48 bits per heavy atom. The first-order chi connectivity index (χ1) is 10.1. The van der Waals surface area contributed by atoms with E-state index in [1.807, 2.05) is 24.8 Å². The van der Waals surface area contributed by atoms with E-state index >= 15 is 0 Å². The fourth-order valence-electron chi connectivity index (χ4n) is 3.02. The van der Waals surface area contributed by atoms with Gasteiger partial charge in [0, 0.05) is 43.6 Å². The van der Waals surface area contributed by atoms with E-state index in [9.17, 15) is 4.79 Å². The van der Waals surface area contributed by atoms with Gasteiger partial charge in [-0.05, 0) is 26.7 Å². The second-order valence-corrected chi connectivity index (χ2v) is 6.17. The Kier molecular flexibility index (Phi) is 4.08. The van der Waals surface area contributed by atoms with E-state index in [1.165, 1.54) is 6.42 Å². The summed E-state index contributed by atoms with van der Waals surface area (Å²) < 4.78 is 5.96. The zero-order chi connectivity index (χ0) is 14.8. The van der Waals surface area contributed by atoms with Crippen molar-refractivity contribution in [1.29, 1.82) is 0 Å². The normalized spacial score (nSPS) is 20.2. The van der Waals surface area contributed by atoms with Crippen molar-refractivity contribution in [3.8, 4) is 5.88 Å². The molecule has 2 heterocycles. The summed E-state index contributed by atoms with van der Waals surface area (Å²) in [5.41, 5.74) is 0.926. The van der Waals surface area contributed by atoms with Gasteiger partial charge in [0.2, 0.25) is 11.8 Å². The van der Waals surface area contributed by atoms with Crippen LogP contribution in [0.15, 0.2) is 6.07 Å². The van der Waals surface area contributed by atoms with Crippen molar-refractivity contribution >= 4 is 5.91 Å². The number of likely N-dealkylation sites (tertiary alicyclic amines) is 1. The molecule has 5 heteroatoms. The van der Waals surface area contributed by atoms with Crippen LogP contribution in [0.1, 0.15) is 43.6 Å². The molecule has 0 N–H and O–H groups in total. The van der Waals surface area contributed by atoms with Crippen LogP contribution in [0.5, 0.6) is 5.88 Å². The van der Waals surface area contributed by atoms with Gasteiger partial charge in [-0.2, -0.15) is 4.98 Å². The lowest BCUT2D eigenvalue weighted by Gasteiger charge is -2.36. The van der Waals surface area contributed by atoms with Crippen molar-refractivity contribution in [2.75, 3.05) is 13.1 Å². The Morgan fingerprint density at radius 2 is 1.90 bits per heavy atom. The maximum absolute atomic E-state index is 12.2. The van der Waals surface area contributed by atoms with Gasteiger partial charge >= 0.3 is 0 Å². The molecule has 21 heavy (non-hydrogen) atoms. The molecule has 1 aromatic heterocycles. The summed E-state index contributed by atoms with van der Waals surface area (Å²) in [6.45, 7) is 5.44. The van der Waals surface area contributed by atoms with Gasteiger partial charge in [0.1, 0.15) is 11.9 Å². The summed E-state index contributed by atoms with van der Waals surface area (Å²) in [4.78, 5) is 22.8. The van der Waals surface area contributed by atoms with Crippen molar-refractivity contribution in [2.24, 2.45) is 5.92 Å². The molecular weight excluding hydrogens is 266 g/mol. The zero-order valence-corrected chi connectivity index (χ0v) is 12.8. The number of aromatic nitrogens is 2. The fraction of sp³-hybridized carbons (Fsp3) is 0.688. The quantitative estimate of drug-likeness (QED) is 0.856. The average Bonchev–Trinajstić information content (AvgIpc) is 2.36. The predicted octanol–water partition coefficient (Wildman–Crippen LogP) is 2.26. The molecule has 0 bridgehead atoms. The van der Waals surface area contributed by atoms with Crippen molar-refractivity contribution in [2.45, 2.75) is 52.1 Å². The van der Waals surface area contributed by atoms with Gasteiger partial charge in [-0.15, -0.1) is 0 Å². The molecule has 114 valence electrons. The highest BCUT2D eigenvalue weighted by molar-refractivity contribution is 5.79. The molecule has 3 rings (SSSR count). The Hall–Kier alpha value is -1.65. The molecular formula is C16H23N3O2. The van der Waals surface area contributed by atoms with E-state index in [-0.39, 0.29) is 6.10 Å². The van der Waals surface area contributed by atoms with E-state index < -0.39 is 0 Å². The summed E-state index contributed by atoms with van der Waals surface area (Å²) in [7, 11) is 0. The van der Waals surface area contributed by atoms with Gasteiger partial charge in [-0.1, -0.05) is 6.42 Å². The Bertz CT molecular complexity index is 500. The van der Waals surface area contributed by atoms with E-state index in [1.54, 1.807) is 0 Å². The third-order valence-electron chi connectivity index (χ3n) is 4.44. The van der Waals surface area contributed by atoms with Crippen LogP contribution in [0.3, 0.4) is 0 Å². The highest BCUT2D eigenvalue weighted by Gasteiger charge is 2.32.